The minimum atomic E-state index is -0.834. The molecule has 0 heterocycles. The van der Waals surface area contributed by atoms with E-state index in [-0.39, 0.29) is 12.5 Å². The van der Waals surface area contributed by atoms with E-state index < -0.39 is 5.60 Å². The van der Waals surface area contributed by atoms with Crippen LogP contribution < -0.4 is 5.32 Å². The molecule has 3 nitrogen and oxygen atoms in total. The van der Waals surface area contributed by atoms with Crippen molar-refractivity contribution in [3.8, 4) is 0 Å². The van der Waals surface area contributed by atoms with Gasteiger partial charge in [0.25, 0.3) is 5.91 Å². The number of rotatable bonds is 4. The van der Waals surface area contributed by atoms with Gasteiger partial charge in [-0.05, 0) is 32.4 Å². The summed E-state index contributed by atoms with van der Waals surface area (Å²) < 4.78 is 0. The molecule has 1 atom stereocenters. The first-order valence-corrected chi connectivity index (χ1v) is 5.52. The third kappa shape index (κ3) is 3.66. The summed E-state index contributed by atoms with van der Waals surface area (Å²) in [6, 6.07) is 7.39. The molecule has 0 aliphatic rings. The van der Waals surface area contributed by atoms with Crippen LogP contribution in [0, 0.1) is 6.92 Å². The Bertz CT molecular complexity index is 372. The molecule has 1 rings (SSSR count). The molecule has 1 aromatic carbocycles. The molecule has 0 saturated heterocycles. The van der Waals surface area contributed by atoms with E-state index in [0.29, 0.717) is 12.0 Å². The number of hydrogen-bond acceptors (Lipinski definition) is 2. The summed E-state index contributed by atoms with van der Waals surface area (Å²) in [6.07, 6.45) is 0.612. The summed E-state index contributed by atoms with van der Waals surface area (Å²) in [5.41, 5.74) is 0.848. The van der Waals surface area contributed by atoms with E-state index in [1.54, 1.807) is 13.0 Å². The normalized spacial score (nSPS) is 14.2. The van der Waals surface area contributed by atoms with Crippen molar-refractivity contribution >= 4 is 5.91 Å². The molecular weight excluding hydrogens is 202 g/mol. The molecule has 0 saturated carbocycles. The number of nitrogens with one attached hydrogen (secondary N) is 1. The maximum Gasteiger partial charge on any atom is 0.251 e. The van der Waals surface area contributed by atoms with E-state index in [2.05, 4.69) is 5.32 Å². The van der Waals surface area contributed by atoms with Gasteiger partial charge in [0.05, 0.1) is 5.60 Å². The number of amides is 1. The van der Waals surface area contributed by atoms with Crippen LogP contribution in [0.5, 0.6) is 0 Å². The third-order valence-electron chi connectivity index (χ3n) is 2.67. The van der Waals surface area contributed by atoms with Crippen LogP contribution in [0.3, 0.4) is 0 Å². The highest BCUT2D eigenvalue weighted by atomic mass is 16.3. The molecule has 0 spiro atoms. The topological polar surface area (TPSA) is 49.3 Å². The van der Waals surface area contributed by atoms with E-state index in [9.17, 15) is 9.90 Å². The Morgan fingerprint density at radius 2 is 2.19 bits per heavy atom. The van der Waals surface area contributed by atoms with E-state index in [1.807, 2.05) is 32.0 Å². The first-order chi connectivity index (χ1) is 7.44. The molecule has 88 valence electrons. The highest BCUT2D eigenvalue weighted by molar-refractivity contribution is 5.94. The van der Waals surface area contributed by atoms with Crippen molar-refractivity contribution < 1.29 is 9.90 Å². The molecule has 1 aromatic rings. The van der Waals surface area contributed by atoms with Crippen LogP contribution in [-0.4, -0.2) is 23.2 Å². The van der Waals surface area contributed by atoms with Gasteiger partial charge in [-0.15, -0.1) is 0 Å². The summed E-state index contributed by atoms with van der Waals surface area (Å²) in [5, 5.41) is 12.5. The maximum atomic E-state index is 11.7. The maximum absolute atomic E-state index is 11.7. The van der Waals surface area contributed by atoms with Crippen LogP contribution in [0.15, 0.2) is 24.3 Å². The first kappa shape index (κ1) is 12.7. The molecule has 0 aliphatic carbocycles. The van der Waals surface area contributed by atoms with Gasteiger partial charge in [0.15, 0.2) is 0 Å². The molecule has 0 aromatic heterocycles. The summed E-state index contributed by atoms with van der Waals surface area (Å²) in [7, 11) is 0. The van der Waals surface area contributed by atoms with E-state index in [0.717, 1.165) is 5.56 Å². The number of aliphatic hydroxyl groups is 1. The minimum absolute atomic E-state index is 0.141. The van der Waals surface area contributed by atoms with Gasteiger partial charge < -0.3 is 10.4 Å². The molecule has 0 bridgehead atoms. The molecule has 1 amide bonds. The summed E-state index contributed by atoms with van der Waals surface area (Å²) >= 11 is 0. The number of carbonyl (C=O) groups is 1. The molecular formula is C13H19NO2. The van der Waals surface area contributed by atoms with Crippen LogP contribution in [0.4, 0.5) is 0 Å². The van der Waals surface area contributed by atoms with Gasteiger partial charge in [-0.1, -0.05) is 24.6 Å². The molecule has 0 radical (unpaired) electrons. The zero-order valence-corrected chi connectivity index (χ0v) is 10.1. The molecule has 3 heteroatoms. The summed E-state index contributed by atoms with van der Waals surface area (Å²) in [4.78, 5) is 11.7. The molecule has 16 heavy (non-hydrogen) atoms. The SMILES string of the molecule is CCC(C)(O)CNC(=O)c1cccc(C)c1. The number of aryl methyl sites for hydroxylation is 1. The van der Waals surface area contributed by atoms with Crippen molar-refractivity contribution in [2.45, 2.75) is 32.8 Å². The lowest BCUT2D eigenvalue weighted by atomic mass is 10.0. The zero-order valence-electron chi connectivity index (χ0n) is 10.1. The Morgan fingerprint density at radius 3 is 2.75 bits per heavy atom. The van der Waals surface area contributed by atoms with Gasteiger partial charge in [-0.2, -0.15) is 0 Å². The van der Waals surface area contributed by atoms with Crippen LogP contribution in [0.25, 0.3) is 0 Å². The largest absolute Gasteiger partial charge is 0.388 e. The Morgan fingerprint density at radius 1 is 1.50 bits per heavy atom. The smallest absolute Gasteiger partial charge is 0.251 e. The highest BCUT2D eigenvalue weighted by Gasteiger charge is 2.18. The van der Waals surface area contributed by atoms with Crippen molar-refractivity contribution in [1.29, 1.82) is 0 Å². The second-order valence-corrected chi connectivity index (χ2v) is 4.40. The fourth-order valence-corrected chi connectivity index (χ4v) is 1.28. The average molecular weight is 221 g/mol. The second-order valence-electron chi connectivity index (χ2n) is 4.40. The third-order valence-corrected chi connectivity index (χ3v) is 2.67. The zero-order chi connectivity index (χ0) is 12.2. The van der Waals surface area contributed by atoms with E-state index >= 15 is 0 Å². The lowest BCUT2D eigenvalue weighted by Crippen LogP contribution is -2.40. The van der Waals surface area contributed by atoms with E-state index in [4.69, 9.17) is 0 Å². The number of carbonyl (C=O) groups excluding carboxylic acids is 1. The molecule has 0 aliphatic heterocycles. The summed E-state index contributed by atoms with van der Waals surface area (Å²) in [5.74, 6) is -0.141. The summed E-state index contributed by atoms with van der Waals surface area (Å²) in [6.45, 7) is 5.82. The van der Waals surface area contributed by atoms with Crippen molar-refractivity contribution in [2.75, 3.05) is 6.54 Å². The van der Waals surface area contributed by atoms with Gasteiger partial charge in [0.2, 0.25) is 0 Å². The Labute approximate surface area is 96.5 Å². The first-order valence-electron chi connectivity index (χ1n) is 5.52. The predicted octanol–water partition coefficient (Wildman–Crippen LogP) is 1.89. The van der Waals surface area contributed by atoms with Gasteiger partial charge >= 0.3 is 0 Å². The molecule has 2 N–H and O–H groups in total. The second kappa shape index (κ2) is 5.12. The standard InChI is InChI=1S/C13H19NO2/c1-4-13(3,16)9-14-12(15)11-7-5-6-10(2)8-11/h5-8,16H,4,9H2,1-3H3,(H,14,15). The van der Waals surface area contributed by atoms with Gasteiger partial charge in [0.1, 0.15) is 0 Å². The Hall–Kier alpha value is -1.35. The van der Waals surface area contributed by atoms with Crippen molar-refractivity contribution in [3.63, 3.8) is 0 Å². The fourth-order valence-electron chi connectivity index (χ4n) is 1.28. The molecule has 1 unspecified atom stereocenters. The number of hydrogen-bond donors (Lipinski definition) is 2. The number of benzene rings is 1. The fraction of sp³-hybridized carbons (Fsp3) is 0.462. The Kier molecular flexibility index (Phi) is 4.07. The minimum Gasteiger partial charge on any atom is -0.388 e. The van der Waals surface area contributed by atoms with Gasteiger partial charge in [-0.3, -0.25) is 4.79 Å². The van der Waals surface area contributed by atoms with Gasteiger partial charge in [-0.25, -0.2) is 0 Å². The predicted molar refractivity (Wildman–Crippen MR) is 64.4 cm³/mol. The van der Waals surface area contributed by atoms with Crippen molar-refractivity contribution in [3.05, 3.63) is 35.4 Å². The van der Waals surface area contributed by atoms with Crippen LogP contribution in [0.1, 0.15) is 36.2 Å². The lowest BCUT2D eigenvalue weighted by Gasteiger charge is -2.21. The Balaban J connectivity index is 2.60. The van der Waals surface area contributed by atoms with E-state index in [1.165, 1.54) is 0 Å². The highest BCUT2D eigenvalue weighted by Crippen LogP contribution is 2.08. The average Bonchev–Trinajstić information content (AvgIpc) is 2.26. The van der Waals surface area contributed by atoms with Gasteiger partial charge in [0, 0.05) is 12.1 Å². The van der Waals surface area contributed by atoms with Crippen molar-refractivity contribution in [2.24, 2.45) is 0 Å². The van der Waals surface area contributed by atoms with Crippen LogP contribution in [0.2, 0.25) is 0 Å². The van der Waals surface area contributed by atoms with Crippen LogP contribution >= 0.6 is 0 Å². The van der Waals surface area contributed by atoms with Crippen LogP contribution in [-0.2, 0) is 0 Å². The lowest BCUT2D eigenvalue weighted by molar-refractivity contribution is 0.0518. The molecule has 0 fully saturated rings. The quantitative estimate of drug-likeness (QED) is 0.815. The monoisotopic (exact) mass is 221 g/mol. The van der Waals surface area contributed by atoms with Crippen molar-refractivity contribution in [1.82, 2.24) is 5.32 Å².